The number of ketones is 1. The summed E-state index contributed by atoms with van der Waals surface area (Å²) in [5, 5.41) is 0. The molecule has 0 spiro atoms. The van der Waals surface area contributed by atoms with Crippen LogP contribution in [-0.2, 0) is 4.79 Å². The fourth-order valence-corrected chi connectivity index (χ4v) is 3.55. The number of amides is 1. The van der Waals surface area contributed by atoms with E-state index in [1.165, 1.54) is 18.3 Å². The summed E-state index contributed by atoms with van der Waals surface area (Å²) in [4.78, 5) is 31.0. The van der Waals surface area contributed by atoms with Gasteiger partial charge in [-0.1, -0.05) is 13.8 Å². The molecule has 0 saturated carbocycles. The zero-order valence-corrected chi connectivity index (χ0v) is 16.1. The van der Waals surface area contributed by atoms with Crippen molar-refractivity contribution in [1.82, 2.24) is 9.88 Å². The molecule has 1 aliphatic rings. The zero-order valence-electron chi connectivity index (χ0n) is 16.1. The summed E-state index contributed by atoms with van der Waals surface area (Å²) in [7, 11) is 0. The molecule has 1 saturated heterocycles. The molecule has 1 atom stereocenters. The molecule has 1 unspecified atom stereocenters. The van der Waals surface area contributed by atoms with E-state index in [4.69, 9.17) is 0 Å². The van der Waals surface area contributed by atoms with E-state index in [-0.39, 0.29) is 23.2 Å². The number of pyridine rings is 1. The first-order valence-corrected chi connectivity index (χ1v) is 9.58. The summed E-state index contributed by atoms with van der Waals surface area (Å²) >= 11 is 0. The van der Waals surface area contributed by atoms with E-state index in [1.807, 2.05) is 13.8 Å². The van der Waals surface area contributed by atoms with Crippen LogP contribution < -0.4 is 0 Å². The van der Waals surface area contributed by atoms with Crippen LogP contribution in [0.15, 0.2) is 36.5 Å². The molecule has 2 aromatic rings. The van der Waals surface area contributed by atoms with Gasteiger partial charge in [0.1, 0.15) is 17.4 Å². The van der Waals surface area contributed by atoms with E-state index in [0.29, 0.717) is 36.7 Å². The molecule has 0 N–H and O–H groups in total. The molecule has 0 radical (unpaired) electrons. The largest absolute Gasteiger partial charge is 0.338 e. The highest BCUT2D eigenvalue weighted by molar-refractivity contribution is 5.94. The van der Waals surface area contributed by atoms with Crippen LogP contribution in [0.1, 0.15) is 43.5 Å². The molecule has 1 amide bonds. The maximum absolute atomic E-state index is 13.9. The van der Waals surface area contributed by atoms with Crippen LogP contribution in [0.25, 0.3) is 11.3 Å². The molecule has 6 heteroatoms. The maximum Gasteiger partial charge on any atom is 0.255 e. The summed E-state index contributed by atoms with van der Waals surface area (Å²) < 4.78 is 27.0. The van der Waals surface area contributed by atoms with Crippen molar-refractivity contribution in [2.45, 2.75) is 33.1 Å². The predicted octanol–water partition coefficient (Wildman–Crippen LogP) is 4.49. The molecular formula is C22H24F2N2O2. The zero-order chi connectivity index (χ0) is 20.3. The van der Waals surface area contributed by atoms with Gasteiger partial charge in [0.05, 0.1) is 11.3 Å². The Morgan fingerprint density at radius 3 is 2.64 bits per heavy atom. The Labute approximate surface area is 163 Å². The Balaban J connectivity index is 1.71. The second kappa shape index (κ2) is 8.59. The highest BCUT2D eigenvalue weighted by Gasteiger charge is 2.29. The molecule has 4 nitrogen and oxygen atoms in total. The van der Waals surface area contributed by atoms with Gasteiger partial charge < -0.3 is 4.90 Å². The minimum Gasteiger partial charge on any atom is -0.338 e. The minimum atomic E-state index is -0.700. The lowest BCUT2D eigenvalue weighted by molar-refractivity contribution is -0.124. The summed E-state index contributed by atoms with van der Waals surface area (Å²) in [6.45, 7) is 5.07. The summed E-state index contributed by atoms with van der Waals surface area (Å²) in [5.74, 6) is -1.12. The van der Waals surface area contributed by atoms with Crippen molar-refractivity contribution in [3.8, 4) is 11.3 Å². The third-order valence-corrected chi connectivity index (χ3v) is 4.99. The Morgan fingerprint density at radius 2 is 2.00 bits per heavy atom. The van der Waals surface area contributed by atoms with Crippen LogP contribution in [-0.4, -0.2) is 34.7 Å². The average molecular weight is 386 g/mol. The number of carbonyl (C=O) groups excluding carboxylic acids is 2. The van der Waals surface area contributed by atoms with Crippen LogP contribution in [0.4, 0.5) is 8.78 Å². The summed E-state index contributed by atoms with van der Waals surface area (Å²) in [6, 6.07) is 6.44. The SMILES string of the molecule is CC(C)CC(=O)C1CCCN(C(=O)c2ccc(-c3ccc(F)cc3F)nc2)C1. The number of piperidine rings is 1. The quantitative estimate of drug-likeness (QED) is 0.761. The first-order chi connectivity index (χ1) is 13.3. The van der Waals surface area contributed by atoms with E-state index in [2.05, 4.69) is 4.98 Å². The second-order valence-electron chi connectivity index (χ2n) is 7.71. The summed E-state index contributed by atoms with van der Waals surface area (Å²) in [5.41, 5.74) is 0.902. The molecule has 1 aromatic heterocycles. The van der Waals surface area contributed by atoms with Crippen LogP contribution >= 0.6 is 0 Å². The van der Waals surface area contributed by atoms with E-state index in [9.17, 15) is 18.4 Å². The fourth-order valence-electron chi connectivity index (χ4n) is 3.55. The van der Waals surface area contributed by atoms with E-state index < -0.39 is 11.6 Å². The lowest BCUT2D eigenvalue weighted by Gasteiger charge is -2.32. The lowest BCUT2D eigenvalue weighted by Crippen LogP contribution is -2.42. The van der Waals surface area contributed by atoms with Crippen molar-refractivity contribution in [1.29, 1.82) is 0 Å². The number of carbonyl (C=O) groups is 2. The average Bonchev–Trinajstić information content (AvgIpc) is 2.67. The van der Waals surface area contributed by atoms with Crippen LogP contribution in [0, 0.1) is 23.5 Å². The number of halogens is 2. The third-order valence-electron chi connectivity index (χ3n) is 4.99. The molecule has 1 fully saturated rings. The molecule has 28 heavy (non-hydrogen) atoms. The number of hydrogen-bond acceptors (Lipinski definition) is 3. The van der Waals surface area contributed by atoms with Crippen LogP contribution in [0.2, 0.25) is 0 Å². The van der Waals surface area contributed by atoms with Crippen molar-refractivity contribution in [3.63, 3.8) is 0 Å². The molecule has 1 aliphatic heterocycles. The highest BCUT2D eigenvalue weighted by atomic mass is 19.1. The van der Waals surface area contributed by atoms with Crippen molar-refractivity contribution in [2.75, 3.05) is 13.1 Å². The van der Waals surface area contributed by atoms with Gasteiger partial charge in [0.15, 0.2) is 0 Å². The molecule has 0 aliphatic carbocycles. The predicted molar refractivity (Wildman–Crippen MR) is 103 cm³/mol. The Hall–Kier alpha value is -2.63. The van der Waals surface area contributed by atoms with Gasteiger partial charge in [0.2, 0.25) is 0 Å². The molecule has 2 heterocycles. The first kappa shape index (κ1) is 20.1. The molecular weight excluding hydrogens is 362 g/mol. The Morgan fingerprint density at radius 1 is 1.21 bits per heavy atom. The van der Waals surface area contributed by atoms with Crippen molar-refractivity contribution in [3.05, 3.63) is 53.7 Å². The van der Waals surface area contributed by atoms with Gasteiger partial charge in [0, 0.05) is 43.3 Å². The number of rotatable bonds is 5. The number of nitrogens with zero attached hydrogens (tertiary/aromatic N) is 2. The fraction of sp³-hybridized carbons (Fsp3) is 0.409. The number of hydrogen-bond donors (Lipinski definition) is 0. The van der Waals surface area contributed by atoms with Gasteiger partial charge >= 0.3 is 0 Å². The number of benzene rings is 1. The van der Waals surface area contributed by atoms with Crippen molar-refractivity contribution < 1.29 is 18.4 Å². The number of aromatic nitrogens is 1. The van der Waals surface area contributed by atoms with E-state index >= 15 is 0 Å². The van der Waals surface area contributed by atoms with Crippen molar-refractivity contribution in [2.24, 2.45) is 11.8 Å². The standard InChI is InChI=1S/C22H24F2N2O2/c1-14(2)10-21(27)16-4-3-9-26(13-16)22(28)15-5-8-20(25-12-15)18-7-6-17(23)11-19(18)24/h5-8,11-12,14,16H,3-4,9-10,13H2,1-2H3. The second-order valence-corrected chi connectivity index (χ2v) is 7.71. The maximum atomic E-state index is 13.9. The first-order valence-electron chi connectivity index (χ1n) is 9.58. The monoisotopic (exact) mass is 386 g/mol. The van der Waals surface area contributed by atoms with E-state index in [1.54, 1.807) is 17.0 Å². The van der Waals surface area contributed by atoms with E-state index in [0.717, 1.165) is 18.9 Å². The molecule has 1 aromatic carbocycles. The van der Waals surface area contributed by atoms with Crippen LogP contribution in [0.3, 0.4) is 0 Å². The van der Waals surface area contributed by atoms with Crippen LogP contribution in [0.5, 0.6) is 0 Å². The lowest BCUT2D eigenvalue weighted by atomic mass is 9.89. The van der Waals surface area contributed by atoms with Gasteiger partial charge in [-0.3, -0.25) is 14.6 Å². The minimum absolute atomic E-state index is 0.111. The normalized spacial score (nSPS) is 17.0. The molecule has 3 rings (SSSR count). The number of Topliss-reactive ketones (excluding diaryl/α,β-unsaturated/α-hetero) is 1. The molecule has 0 bridgehead atoms. The Kier molecular flexibility index (Phi) is 6.17. The van der Waals surface area contributed by atoms with Gasteiger partial charge in [-0.25, -0.2) is 8.78 Å². The van der Waals surface area contributed by atoms with Crippen molar-refractivity contribution >= 4 is 11.7 Å². The smallest absolute Gasteiger partial charge is 0.255 e. The topological polar surface area (TPSA) is 50.3 Å². The van der Waals surface area contributed by atoms with Gasteiger partial charge in [-0.2, -0.15) is 0 Å². The number of likely N-dealkylation sites (tertiary alicyclic amines) is 1. The van der Waals surface area contributed by atoms with Gasteiger partial charge in [-0.15, -0.1) is 0 Å². The Bertz CT molecular complexity index is 865. The molecule has 148 valence electrons. The third kappa shape index (κ3) is 4.61. The van der Waals surface area contributed by atoms with Gasteiger partial charge in [0.25, 0.3) is 5.91 Å². The summed E-state index contributed by atoms with van der Waals surface area (Å²) in [6.07, 6.45) is 3.55. The highest BCUT2D eigenvalue weighted by Crippen LogP contribution is 2.24. The van der Waals surface area contributed by atoms with Gasteiger partial charge in [-0.05, 0) is 43.0 Å².